The number of benzene rings is 2. The van der Waals surface area contributed by atoms with Gasteiger partial charge in [-0.2, -0.15) is 5.10 Å². The second-order valence-electron chi connectivity index (χ2n) is 8.21. The van der Waals surface area contributed by atoms with Gasteiger partial charge >= 0.3 is 0 Å². The van der Waals surface area contributed by atoms with Gasteiger partial charge in [0.05, 0.1) is 12.2 Å². The molecule has 0 bridgehead atoms. The molecule has 0 saturated heterocycles. The molecule has 1 aromatic heterocycles. The molecule has 0 fully saturated rings. The first-order valence-corrected chi connectivity index (χ1v) is 9.45. The molecule has 28 heavy (non-hydrogen) atoms. The number of hydrogen-bond donors (Lipinski definition) is 1. The van der Waals surface area contributed by atoms with Crippen LogP contribution in [-0.2, 0) is 12.0 Å². The largest absolute Gasteiger partial charge is 0.378 e. The molecular formula is C23H28N4O. The van der Waals surface area contributed by atoms with Crippen molar-refractivity contribution in [2.75, 3.05) is 24.3 Å². The minimum absolute atomic E-state index is 0.105. The monoisotopic (exact) mass is 376 g/mol. The highest BCUT2D eigenvalue weighted by Gasteiger charge is 2.21. The van der Waals surface area contributed by atoms with Gasteiger partial charge in [-0.25, -0.2) is 4.68 Å². The van der Waals surface area contributed by atoms with Crippen LogP contribution < -0.4 is 10.2 Å². The Balaban J connectivity index is 1.90. The molecule has 1 heterocycles. The number of anilines is 2. The van der Waals surface area contributed by atoms with Crippen LogP contribution in [0.2, 0.25) is 0 Å². The molecule has 3 aromatic rings. The molecule has 5 heteroatoms. The lowest BCUT2D eigenvalue weighted by atomic mass is 9.92. The number of aromatic nitrogens is 2. The van der Waals surface area contributed by atoms with Crippen molar-refractivity contribution in [1.29, 1.82) is 0 Å². The van der Waals surface area contributed by atoms with Crippen molar-refractivity contribution in [3.05, 3.63) is 77.5 Å². The molecule has 3 rings (SSSR count). The van der Waals surface area contributed by atoms with Gasteiger partial charge in [-0.15, -0.1) is 0 Å². The average molecular weight is 377 g/mol. The third-order valence-corrected chi connectivity index (χ3v) is 4.59. The van der Waals surface area contributed by atoms with Gasteiger partial charge in [-0.1, -0.05) is 57.2 Å². The maximum atomic E-state index is 12.9. The van der Waals surface area contributed by atoms with Crippen molar-refractivity contribution in [1.82, 2.24) is 9.78 Å². The first-order valence-electron chi connectivity index (χ1n) is 9.45. The molecule has 0 unspecified atom stereocenters. The highest BCUT2D eigenvalue weighted by molar-refractivity contribution is 6.04. The summed E-state index contributed by atoms with van der Waals surface area (Å²) in [7, 11) is 3.92. The summed E-state index contributed by atoms with van der Waals surface area (Å²) in [6.45, 7) is 6.96. The predicted octanol–water partition coefficient (Wildman–Crippen LogP) is 4.55. The molecule has 1 amide bonds. The second kappa shape index (κ2) is 7.89. The van der Waals surface area contributed by atoms with E-state index in [0.29, 0.717) is 17.9 Å². The van der Waals surface area contributed by atoms with E-state index in [2.05, 4.69) is 38.2 Å². The number of hydrogen-bond acceptors (Lipinski definition) is 3. The van der Waals surface area contributed by atoms with Crippen molar-refractivity contribution >= 4 is 17.4 Å². The molecule has 0 atom stereocenters. The van der Waals surface area contributed by atoms with Gasteiger partial charge in [-0.05, 0) is 23.8 Å². The van der Waals surface area contributed by atoms with E-state index in [-0.39, 0.29) is 11.3 Å². The van der Waals surface area contributed by atoms with E-state index in [9.17, 15) is 4.79 Å². The van der Waals surface area contributed by atoms with Gasteiger partial charge in [0.1, 0.15) is 5.82 Å². The van der Waals surface area contributed by atoms with Gasteiger partial charge in [-0.3, -0.25) is 4.79 Å². The molecular weight excluding hydrogens is 348 g/mol. The van der Waals surface area contributed by atoms with Gasteiger partial charge in [0, 0.05) is 36.8 Å². The third kappa shape index (κ3) is 4.60. The van der Waals surface area contributed by atoms with Crippen LogP contribution in [0.15, 0.2) is 60.7 Å². The maximum Gasteiger partial charge on any atom is 0.256 e. The molecule has 5 nitrogen and oxygen atoms in total. The fourth-order valence-corrected chi connectivity index (χ4v) is 2.87. The summed E-state index contributed by atoms with van der Waals surface area (Å²) < 4.78 is 1.86. The molecule has 2 aromatic carbocycles. The Kier molecular flexibility index (Phi) is 5.54. The fourth-order valence-electron chi connectivity index (χ4n) is 2.87. The van der Waals surface area contributed by atoms with Crippen LogP contribution in [-0.4, -0.2) is 29.8 Å². The Bertz CT molecular complexity index is 952. The quantitative estimate of drug-likeness (QED) is 0.711. The smallest absolute Gasteiger partial charge is 0.256 e. The van der Waals surface area contributed by atoms with Crippen LogP contribution in [0, 0.1) is 0 Å². The van der Waals surface area contributed by atoms with Crippen LogP contribution in [0.3, 0.4) is 0 Å². The molecule has 1 N–H and O–H groups in total. The van der Waals surface area contributed by atoms with Crippen LogP contribution >= 0.6 is 0 Å². The zero-order valence-corrected chi connectivity index (χ0v) is 17.2. The lowest BCUT2D eigenvalue weighted by Crippen LogP contribution is -2.17. The fraction of sp³-hybridized carbons (Fsp3) is 0.304. The van der Waals surface area contributed by atoms with Crippen molar-refractivity contribution in [3.8, 4) is 0 Å². The van der Waals surface area contributed by atoms with Crippen molar-refractivity contribution in [3.63, 3.8) is 0 Å². The van der Waals surface area contributed by atoms with Gasteiger partial charge in [0.2, 0.25) is 0 Å². The molecule has 0 spiro atoms. The molecule has 0 aliphatic carbocycles. The SMILES string of the molecule is CN(C)c1cccc(C(=O)Nc2cc(C(C)(C)C)nn2Cc2ccccc2)c1. The standard InChI is InChI=1S/C23H28N4O/c1-23(2,3)20-15-21(27(25-20)16-17-10-7-6-8-11-17)24-22(28)18-12-9-13-19(14-18)26(4)5/h6-15H,16H2,1-5H3,(H,24,28). The van der Waals surface area contributed by atoms with Gasteiger partial charge < -0.3 is 10.2 Å². The van der Waals surface area contributed by atoms with E-state index >= 15 is 0 Å². The Morgan fingerprint density at radius 2 is 1.75 bits per heavy atom. The summed E-state index contributed by atoms with van der Waals surface area (Å²) in [5.41, 5.74) is 3.58. The molecule has 146 valence electrons. The van der Waals surface area contributed by atoms with Crippen LogP contribution in [0.1, 0.15) is 42.4 Å². The first kappa shape index (κ1) is 19.7. The van der Waals surface area contributed by atoms with Gasteiger partial charge in [0.15, 0.2) is 0 Å². The highest BCUT2D eigenvalue weighted by atomic mass is 16.1. The highest BCUT2D eigenvalue weighted by Crippen LogP contribution is 2.25. The second-order valence-corrected chi connectivity index (χ2v) is 8.21. The first-order chi connectivity index (χ1) is 13.2. The number of rotatable bonds is 5. The van der Waals surface area contributed by atoms with E-state index < -0.39 is 0 Å². The Morgan fingerprint density at radius 1 is 1.04 bits per heavy atom. The van der Waals surface area contributed by atoms with Crippen molar-refractivity contribution in [2.45, 2.75) is 32.7 Å². The summed E-state index contributed by atoms with van der Waals surface area (Å²) in [6.07, 6.45) is 0. The summed E-state index contributed by atoms with van der Waals surface area (Å²) in [5.74, 6) is 0.562. The zero-order valence-electron chi connectivity index (χ0n) is 17.2. The predicted molar refractivity (Wildman–Crippen MR) is 115 cm³/mol. The van der Waals surface area contributed by atoms with Crippen LogP contribution in [0.4, 0.5) is 11.5 Å². The van der Waals surface area contributed by atoms with E-state index in [0.717, 1.165) is 16.9 Å². The summed E-state index contributed by atoms with van der Waals surface area (Å²) >= 11 is 0. The summed E-state index contributed by atoms with van der Waals surface area (Å²) in [6, 6.07) is 19.7. The lowest BCUT2D eigenvalue weighted by molar-refractivity contribution is 0.102. The third-order valence-electron chi connectivity index (χ3n) is 4.59. The van der Waals surface area contributed by atoms with Crippen LogP contribution in [0.25, 0.3) is 0 Å². The van der Waals surface area contributed by atoms with E-state index in [1.165, 1.54) is 0 Å². The minimum Gasteiger partial charge on any atom is -0.378 e. The zero-order chi connectivity index (χ0) is 20.3. The number of amides is 1. The van der Waals surface area contributed by atoms with Crippen LogP contribution in [0.5, 0.6) is 0 Å². The maximum absolute atomic E-state index is 12.9. The van der Waals surface area contributed by atoms with E-state index in [4.69, 9.17) is 5.10 Å². The number of carbonyl (C=O) groups excluding carboxylic acids is 1. The number of nitrogens with one attached hydrogen (secondary N) is 1. The number of nitrogens with zero attached hydrogens (tertiary/aromatic N) is 3. The lowest BCUT2D eigenvalue weighted by Gasteiger charge is -2.14. The van der Waals surface area contributed by atoms with E-state index in [1.807, 2.05) is 72.2 Å². The number of carbonyl (C=O) groups is 1. The molecule has 0 radical (unpaired) electrons. The normalized spacial score (nSPS) is 11.3. The summed E-state index contributed by atoms with van der Waals surface area (Å²) in [5, 5.41) is 7.81. The molecule has 0 aliphatic heterocycles. The van der Waals surface area contributed by atoms with Crippen molar-refractivity contribution in [2.24, 2.45) is 0 Å². The Morgan fingerprint density at radius 3 is 2.39 bits per heavy atom. The summed E-state index contributed by atoms with van der Waals surface area (Å²) in [4.78, 5) is 14.9. The van der Waals surface area contributed by atoms with Gasteiger partial charge in [0.25, 0.3) is 5.91 Å². The molecule has 0 aliphatic rings. The average Bonchev–Trinajstić information content (AvgIpc) is 3.05. The Hall–Kier alpha value is -3.08. The minimum atomic E-state index is -0.140. The Labute approximate surface area is 167 Å². The molecule has 0 saturated carbocycles. The van der Waals surface area contributed by atoms with E-state index in [1.54, 1.807) is 0 Å². The topological polar surface area (TPSA) is 50.2 Å². The van der Waals surface area contributed by atoms with Crippen molar-refractivity contribution < 1.29 is 4.79 Å².